The van der Waals surface area contributed by atoms with Gasteiger partial charge in [0.2, 0.25) is 0 Å². The van der Waals surface area contributed by atoms with Crippen LogP contribution in [-0.4, -0.2) is 28.9 Å². The molecule has 0 spiro atoms. The van der Waals surface area contributed by atoms with E-state index >= 15 is 0 Å². The number of rotatable bonds is 2. The van der Waals surface area contributed by atoms with E-state index in [0.29, 0.717) is 12.1 Å². The van der Waals surface area contributed by atoms with Gasteiger partial charge in [-0.15, -0.1) is 0 Å². The standard InChI is InChI=1S/C12H9F6N3OS/c1-23-9(20-6-19)21-8-4-2-7(3-5-8)10(22,11(13,14)15)12(16,17)18/h2-5,22H,1H3,(H,20,21). The zero-order valence-electron chi connectivity index (χ0n) is 11.3. The second-order valence-electron chi connectivity index (χ2n) is 4.11. The largest absolute Gasteiger partial charge is 0.430 e. The number of aliphatic imine (C=N–C) groups is 1. The van der Waals surface area contributed by atoms with Crippen LogP contribution in [0.4, 0.5) is 32.0 Å². The van der Waals surface area contributed by atoms with Crippen molar-refractivity contribution in [3.63, 3.8) is 0 Å². The summed E-state index contributed by atoms with van der Waals surface area (Å²) < 4.78 is 76.2. The molecule has 0 radical (unpaired) electrons. The van der Waals surface area contributed by atoms with Gasteiger partial charge in [0.05, 0.1) is 5.69 Å². The lowest BCUT2D eigenvalue weighted by Gasteiger charge is -2.32. The third-order valence-electron chi connectivity index (χ3n) is 2.69. The highest BCUT2D eigenvalue weighted by Crippen LogP contribution is 2.50. The molecule has 0 saturated carbocycles. The van der Waals surface area contributed by atoms with Gasteiger partial charge in [-0.2, -0.15) is 31.6 Å². The van der Waals surface area contributed by atoms with Crippen molar-refractivity contribution in [3.05, 3.63) is 29.8 Å². The second kappa shape index (κ2) is 6.67. The summed E-state index contributed by atoms with van der Waals surface area (Å²) in [5.74, 6) is 0. The number of hydrogen-bond donors (Lipinski definition) is 2. The van der Waals surface area contributed by atoms with Crippen LogP contribution in [0.5, 0.6) is 0 Å². The molecule has 0 aliphatic carbocycles. The van der Waals surface area contributed by atoms with Crippen LogP contribution in [0.1, 0.15) is 5.56 Å². The Hall–Kier alpha value is -1.93. The van der Waals surface area contributed by atoms with Crippen molar-refractivity contribution in [1.29, 1.82) is 5.26 Å². The highest BCUT2D eigenvalue weighted by Gasteiger charge is 2.71. The smallest absolute Gasteiger partial charge is 0.369 e. The Bertz CT molecular complexity index is 604. The first kappa shape index (κ1) is 19.1. The number of aliphatic hydroxyl groups is 1. The number of nitrogens with one attached hydrogen (secondary N) is 1. The van der Waals surface area contributed by atoms with Gasteiger partial charge in [-0.1, -0.05) is 23.9 Å². The van der Waals surface area contributed by atoms with Crippen molar-refractivity contribution in [2.45, 2.75) is 18.0 Å². The molecule has 0 aliphatic heterocycles. The summed E-state index contributed by atoms with van der Waals surface area (Å²) >= 11 is 1.01. The Morgan fingerprint density at radius 3 is 1.96 bits per heavy atom. The number of halogens is 6. The Balaban J connectivity index is 3.29. The van der Waals surface area contributed by atoms with E-state index < -0.39 is 23.5 Å². The van der Waals surface area contributed by atoms with Gasteiger partial charge in [0.15, 0.2) is 11.4 Å². The molecular formula is C12H9F6N3OS. The van der Waals surface area contributed by atoms with Gasteiger partial charge in [0, 0.05) is 5.56 Å². The Morgan fingerprint density at radius 2 is 1.61 bits per heavy atom. The Labute approximate surface area is 130 Å². The zero-order chi connectivity index (χ0) is 17.9. The lowest BCUT2D eigenvalue weighted by atomic mass is 9.92. The van der Waals surface area contributed by atoms with Crippen LogP contribution in [0, 0.1) is 11.5 Å². The molecule has 11 heteroatoms. The normalized spacial score (nSPS) is 13.6. The minimum Gasteiger partial charge on any atom is -0.369 e. The van der Waals surface area contributed by atoms with Gasteiger partial charge in [0.25, 0.3) is 5.60 Å². The molecule has 0 unspecified atom stereocenters. The van der Waals surface area contributed by atoms with Gasteiger partial charge in [-0.25, -0.2) is 4.99 Å². The maximum absolute atomic E-state index is 12.7. The summed E-state index contributed by atoms with van der Waals surface area (Å²) in [6.07, 6.45) is -8.75. The molecule has 0 aromatic heterocycles. The number of alkyl halides is 6. The molecule has 0 bridgehead atoms. The molecule has 0 saturated heterocycles. The lowest BCUT2D eigenvalue weighted by molar-refractivity contribution is -0.376. The predicted molar refractivity (Wildman–Crippen MR) is 71.8 cm³/mol. The molecule has 0 heterocycles. The van der Waals surface area contributed by atoms with Crippen molar-refractivity contribution in [2.75, 3.05) is 6.26 Å². The molecule has 0 aliphatic rings. The maximum Gasteiger partial charge on any atom is 0.430 e. The average molecular weight is 357 g/mol. The predicted octanol–water partition coefficient (Wildman–Crippen LogP) is 3.42. The van der Waals surface area contributed by atoms with Crippen LogP contribution in [0.15, 0.2) is 29.3 Å². The fourth-order valence-corrected chi connectivity index (χ4v) is 1.90. The molecule has 1 aromatic carbocycles. The van der Waals surface area contributed by atoms with Gasteiger partial charge in [-0.05, 0) is 18.4 Å². The highest BCUT2D eigenvalue weighted by atomic mass is 32.2. The lowest BCUT2D eigenvalue weighted by Crippen LogP contribution is -2.53. The number of amidine groups is 1. The van der Waals surface area contributed by atoms with Gasteiger partial charge >= 0.3 is 12.4 Å². The van der Waals surface area contributed by atoms with Crippen molar-refractivity contribution in [3.8, 4) is 6.19 Å². The Morgan fingerprint density at radius 1 is 1.13 bits per heavy atom. The van der Waals surface area contributed by atoms with E-state index in [1.54, 1.807) is 12.4 Å². The molecule has 126 valence electrons. The van der Waals surface area contributed by atoms with E-state index in [1.807, 2.05) is 0 Å². The topological polar surface area (TPSA) is 68.4 Å². The fraction of sp³-hybridized carbons (Fsp3) is 0.333. The van der Waals surface area contributed by atoms with Gasteiger partial charge < -0.3 is 5.11 Å². The third kappa shape index (κ3) is 3.89. The SMILES string of the molecule is CSC(=Nc1ccc(C(O)(C(F)(F)F)C(F)(F)F)cc1)NC#N. The van der Waals surface area contributed by atoms with E-state index in [2.05, 4.69) is 10.3 Å². The van der Waals surface area contributed by atoms with Crippen molar-refractivity contribution in [2.24, 2.45) is 4.99 Å². The maximum atomic E-state index is 12.7. The molecule has 4 nitrogen and oxygen atoms in total. The fourth-order valence-electron chi connectivity index (χ4n) is 1.55. The summed E-state index contributed by atoms with van der Waals surface area (Å²) in [7, 11) is 0. The van der Waals surface area contributed by atoms with Gasteiger partial charge in [0.1, 0.15) is 0 Å². The average Bonchev–Trinajstić information content (AvgIpc) is 2.44. The number of nitrogens with zero attached hydrogens (tertiary/aromatic N) is 2. The Kier molecular flexibility index (Phi) is 5.55. The zero-order valence-corrected chi connectivity index (χ0v) is 12.1. The molecule has 23 heavy (non-hydrogen) atoms. The summed E-state index contributed by atoms with van der Waals surface area (Å²) in [4.78, 5) is 3.82. The summed E-state index contributed by atoms with van der Waals surface area (Å²) in [6.45, 7) is 0. The molecule has 1 aromatic rings. The number of thioether (sulfide) groups is 1. The summed E-state index contributed by atoms with van der Waals surface area (Å²) in [5, 5.41) is 19.9. The van der Waals surface area contributed by atoms with Gasteiger partial charge in [-0.3, -0.25) is 5.32 Å². The first-order valence-corrected chi connectivity index (χ1v) is 6.94. The van der Waals surface area contributed by atoms with E-state index in [0.717, 1.165) is 23.9 Å². The molecule has 1 rings (SSSR count). The monoisotopic (exact) mass is 357 g/mol. The van der Waals surface area contributed by atoms with E-state index in [9.17, 15) is 31.4 Å². The van der Waals surface area contributed by atoms with E-state index in [4.69, 9.17) is 5.26 Å². The summed E-state index contributed by atoms with van der Waals surface area (Å²) in [5.41, 5.74) is -6.35. The van der Waals surface area contributed by atoms with Crippen LogP contribution >= 0.6 is 11.8 Å². The van der Waals surface area contributed by atoms with Crippen molar-refractivity contribution >= 4 is 22.6 Å². The van der Waals surface area contributed by atoms with Crippen molar-refractivity contribution in [1.82, 2.24) is 5.32 Å². The van der Waals surface area contributed by atoms with Crippen LogP contribution in [-0.2, 0) is 5.60 Å². The number of nitriles is 1. The van der Waals surface area contributed by atoms with Crippen molar-refractivity contribution < 1.29 is 31.4 Å². The molecule has 0 fully saturated rings. The number of benzene rings is 1. The molecule has 0 atom stereocenters. The molecular weight excluding hydrogens is 348 g/mol. The quantitative estimate of drug-likeness (QED) is 0.280. The first-order valence-electron chi connectivity index (χ1n) is 5.71. The molecule has 0 amide bonds. The summed E-state index contributed by atoms with van der Waals surface area (Å²) in [6, 6.07) is 2.69. The highest BCUT2D eigenvalue weighted by molar-refractivity contribution is 8.13. The molecule has 2 N–H and O–H groups in total. The third-order valence-corrected chi connectivity index (χ3v) is 3.27. The second-order valence-corrected chi connectivity index (χ2v) is 4.91. The van der Waals surface area contributed by atoms with Crippen LogP contribution in [0.2, 0.25) is 0 Å². The van der Waals surface area contributed by atoms with Crippen LogP contribution < -0.4 is 5.32 Å². The van der Waals surface area contributed by atoms with E-state index in [-0.39, 0.29) is 10.9 Å². The number of hydrogen-bond acceptors (Lipinski definition) is 4. The minimum absolute atomic E-state index is 0.00699. The first-order chi connectivity index (χ1) is 10.5. The minimum atomic E-state index is -5.94. The van der Waals surface area contributed by atoms with Crippen LogP contribution in [0.25, 0.3) is 0 Å². The van der Waals surface area contributed by atoms with Crippen LogP contribution in [0.3, 0.4) is 0 Å². The van der Waals surface area contributed by atoms with E-state index in [1.165, 1.54) is 0 Å².